The fourth-order valence-corrected chi connectivity index (χ4v) is 3.90. The van der Waals surface area contributed by atoms with Crippen LogP contribution < -0.4 is 5.73 Å². The van der Waals surface area contributed by atoms with E-state index in [1.165, 1.54) is 7.11 Å². The fourth-order valence-electron chi connectivity index (χ4n) is 3.90. The Kier molecular flexibility index (Phi) is 7.54. The number of hydrogen-bond acceptors (Lipinski definition) is 5. The molecule has 0 aromatic heterocycles. The van der Waals surface area contributed by atoms with Crippen molar-refractivity contribution < 1.29 is 19.1 Å². The molecule has 1 aliphatic heterocycles. The number of amides is 1. The number of nitrogens with zero attached hydrogens (tertiary/aromatic N) is 1. The third-order valence-electron chi connectivity index (χ3n) is 5.78. The lowest BCUT2D eigenvalue weighted by molar-refractivity contribution is -0.143. The Bertz CT molecular complexity index is 848. The average Bonchev–Trinajstić information content (AvgIpc) is 2.73. The van der Waals surface area contributed by atoms with Crippen molar-refractivity contribution in [2.75, 3.05) is 20.2 Å². The molecule has 162 valence electrons. The highest BCUT2D eigenvalue weighted by atomic mass is 16.5. The zero-order chi connectivity index (χ0) is 22.5. The van der Waals surface area contributed by atoms with Crippen LogP contribution in [0.3, 0.4) is 0 Å². The standard InChI is InChI=1S/C23H31N3O4/c1-5-18(20(28)16-6-8-17(9-7-16)21(24)25)23(2,3)22(29)26-12-10-15(11-13-26)14-19(27)30-4/h5-9,15H,10-14H2,1-4H3,(H3,24,25). The lowest BCUT2D eigenvalue weighted by Crippen LogP contribution is -2.47. The molecule has 0 bridgehead atoms. The van der Waals surface area contributed by atoms with E-state index in [4.69, 9.17) is 15.9 Å². The maximum Gasteiger partial charge on any atom is 0.305 e. The van der Waals surface area contributed by atoms with Crippen LogP contribution in [0.2, 0.25) is 0 Å². The van der Waals surface area contributed by atoms with Crippen LogP contribution in [-0.4, -0.2) is 48.6 Å². The number of rotatable bonds is 7. The van der Waals surface area contributed by atoms with Gasteiger partial charge in [0.2, 0.25) is 5.91 Å². The van der Waals surface area contributed by atoms with Gasteiger partial charge in [-0.05, 0) is 39.5 Å². The van der Waals surface area contributed by atoms with E-state index in [-0.39, 0.29) is 29.4 Å². The van der Waals surface area contributed by atoms with E-state index in [0.717, 1.165) is 12.8 Å². The first-order chi connectivity index (χ1) is 14.1. The zero-order valence-electron chi connectivity index (χ0n) is 18.2. The van der Waals surface area contributed by atoms with Gasteiger partial charge in [0.05, 0.1) is 12.5 Å². The van der Waals surface area contributed by atoms with Crippen molar-refractivity contribution in [3.8, 4) is 0 Å². The second kappa shape index (κ2) is 9.69. The number of methoxy groups -OCH3 is 1. The van der Waals surface area contributed by atoms with Crippen molar-refractivity contribution in [1.29, 1.82) is 5.41 Å². The summed E-state index contributed by atoms with van der Waals surface area (Å²) in [5, 5.41) is 7.47. The number of nitrogen functional groups attached to an aromatic ring is 1. The number of Topliss-reactive ketones (excluding diaryl/α,β-unsaturated/α-hetero) is 1. The molecular formula is C23H31N3O4. The van der Waals surface area contributed by atoms with Crippen molar-refractivity contribution in [1.82, 2.24) is 4.90 Å². The third kappa shape index (κ3) is 5.14. The molecule has 0 aliphatic carbocycles. The molecule has 2 rings (SSSR count). The first-order valence-corrected chi connectivity index (χ1v) is 10.1. The molecule has 0 spiro atoms. The number of nitrogens with two attached hydrogens (primary N) is 1. The maximum atomic E-state index is 13.3. The monoisotopic (exact) mass is 413 g/mol. The molecule has 7 heteroatoms. The van der Waals surface area contributed by atoms with Crippen molar-refractivity contribution in [3.05, 3.63) is 47.0 Å². The third-order valence-corrected chi connectivity index (χ3v) is 5.78. The highest BCUT2D eigenvalue weighted by molar-refractivity contribution is 6.13. The number of nitrogens with one attached hydrogen (secondary N) is 1. The average molecular weight is 414 g/mol. The minimum Gasteiger partial charge on any atom is -0.469 e. The Balaban J connectivity index is 2.11. The van der Waals surface area contributed by atoms with Crippen LogP contribution in [0.25, 0.3) is 0 Å². The van der Waals surface area contributed by atoms with E-state index in [1.807, 2.05) is 0 Å². The SMILES string of the molecule is CC=C(C(=O)c1ccc(C(=N)N)cc1)C(C)(C)C(=O)N1CCC(CC(=O)OC)CC1. The van der Waals surface area contributed by atoms with E-state index in [1.54, 1.807) is 56.0 Å². The molecule has 1 aromatic carbocycles. The summed E-state index contributed by atoms with van der Waals surface area (Å²) in [5.41, 5.74) is 5.91. The van der Waals surface area contributed by atoms with E-state index in [0.29, 0.717) is 36.2 Å². The summed E-state index contributed by atoms with van der Waals surface area (Å²) in [5.74, 6) is -0.386. The molecule has 0 radical (unpaired) electrons. The number of ketones is 1. The van der Waals surface area contributed by atoms with Crippen molar-refractivity contribution >= 4 is 23.5 Å². The molecule has 30 heavy (non-hydrogen) atoms. The minimum atomic E-state index is -0.986. The van der Waals surface area contributed by atoms with Gasteiger partial charge in [0.15, 0.2) is 5.78 Å². The number of benzene rings is 1. The van der Waals surface area contributed by atoms with E-state index >= 15 is 0 Å². The molecule has 1 amide bonds. The Hall–Kier alpha value is -2.96. The zero-order valence-corrected chi connectivity index (χ0v) is 18.2. The number of ether oxygens (including phenoxy) is 1. The van der Waals surface area contributed by atoms with Gasteiger partial charge < -0.3 is 15.4 Å². The Labute approximate surface area is 177 Å². The van der Waals surface area contributed by atoms with Gasteiger partial charge in [0.1, 0.15) is 5.84 Å². The van der Waals surface area contributed by atoms with Crippen LogP contribution in [0, 0.1) is 16.7 Å². The predicted octanol–water partition coefficient (Wildman–Crippen LogP) is 2.93. The molecule has 1 fully saturated rings. The topological polar surface area (TPSA) is 114 Å². The van der Waals surface area contributed by atoms with Gasteiger partial charge >= 0.3 is 5.97 Å². The smallest absolute Gasteiger partial charge is 0.305 e. The predicted molar refractivity (Wildman–Crippen MR) is 115 cm³/mol. The summed E-state index contributed by atoms with van der Waals surface area (Å²) in [7, 11) is 1.38. The quantitative estimate of drug-likeness (QED) is 0.235. The minimum absolute atomic E-state index is 0.0636. The summed E-state index contributed by atoms with van der Waals surface area (Å²) in [6.07, 6.45) is 3.55. The van der Waals surface area contributed by atoms with Crippen molar-refractivity contribution in [2.45, 2.75) is 40.0 Å². The Morgan fingerprint density at radius 2 is 1.70 bits per heavy atom. The molecular weight excluding hydrogens is 382 g/mol. The molecule has 1 aromatic rings. The maximum absolute atomic E-state index is 13.3. The highest BCUT2D eigenvalue weighted by Gasteiger charge is 2.39. The van der Waals surface area contributed by atoms with Crippen LogP contribution in [-0.2, 0) is 14.3 Å². The van der Waals surface area contributed by atoms with Crippen molar-refractivity contribution in [3.63, 3.8) is 0 Å². The molecule has 3 N–H and O–H groups in total. The fraction of sp³-hybridized carbons (Fsp3) is 0.478. The van der Waals surface area contributed by atoms with Gasteiger partial charge in [0.25, 0.3) is 0 Å². The summed E-state index contributed by atoms with van der Waals surface area (Å²) < 4.78 is 4.73. The number of carbonyl (C=O) groups is 3. The largest absolute Gasteiger partial charge is 0.469 e. The molecule has 0 saturated carbocycles. The molecule has 1 aliphatic rings. The van der Waals surface area contributed by atoms with E-state index in [9.17, 15) is 14.4 Å². The van der Waals surface area contributed by atoms with Gasteiger partial charge in [-0.15, -0.1) is 0 Å². The molecule has 0 atom stereocenters. The first-order valence-electron chi connectivity index (χ1n) is 10.1. The van der Waals surface area contributed by atoms with Crippen LogP contribution in [0.15, 0.2) is 35.9 Å². The second-order valence-corrected chi connectivity index (χ2v) is 8.16. The Morgan fingerprint density at radius 1 is 1.17 bits per heavy atom. The van der Waals surface area contributed by atoms with Gasteiger partial charge in [0, 0.05) is 36.2 Å². The number of hydrogen-bond donors (Lipinski definition) is 2. The summed E-state index contributed by atoms with van der Waals surface area (Å²) >= 11 is 0. The second-order valence-electron chi connectivity index (χ2n) is 8.16. The number of esters is 1. The van der Waals surface area contributed by atoms with Gasteiger partial charge in [-0.25, -0.2) is 0 Å². The number of carbonyl (C=O) groups excluding carboxylic acids is 3. The van der Waals surface area contributed by atoms with Gasteiger partial charge in [-0.3, -0.25) is 19.8 Å². The van der Waals surface area contributed by atoms with E-state index in [2.05, 4.69) is 0 Å². The number of allylic oxidation sites excluding steroid dienone is 1. The van der Waals surface area contributed by atoms with Gasteiger partial charge in [-0.2, -0.15) is 0 Å². The van der Waals surface area contributed by atoms with Crippen LogP contribution in [0.5, 0.6) is 0 Å². The lowest BCUT2D eigenvalue weighted by Gasteiger charge is -2.37. The highest BCUT2D eigenvalue weighted by Crippen LogP contribution is 2.33. The lowest BCUT2D eigenvalue weighted by atomic mass is 9.78. The van der Waals surface area contributed by atoms with Crippen LogP contribution >= 0.6 is 0 Å². The number of piperidine rings is 1. The normalized spacial score (nSPS) is 15.6. The first kappa shape index (κ1) is 23.3. The Morgan fingerprint density at radius 3 is 2.17 bits per heavy atom. The van der Waals surface area contributed by atoms with Crippen LogP contribution in [0.4, 0.5) is 0 Å². The summed E-state index contributed by atoms with van der Waals surface area (Å²) in [6, 6.07) is 6.51. The molecule has 1 saturated heterocycles. The number of amidine groups is 1. The molecule has 0 unspecified atom stereocenters. The summed E-state index contributed by atoms with van der Waals surface area (Å²) in [6.45, 7) is 6.42. The van der Waals surface area contributed by atoms with Crippen molar-refractivity contribution in [2.24, 2.45) is 17.1 Å². The van der Waals surface area contributed by atoms with E-state index < -0.39 is 5.41 Å². The van der Waals surface area contributed by atoms with Gasteiger partial charge in [-0.1, -0.05) is 30.3 Å². The summed E-state index contributed by atoms with van der Waals surface area (Å²) in [4.78, 5) is 39.7. The molecule has 1 heterocycles. The van der Waals surface area contributed by atoms with Crippen LogP contribution in [0.1, 0.15) is 56.0 Å². The molecule has 7 nitrogen and oxygen atoms in total. The number of likely N-dealkylation sites (tertiary alicyclic amines) is 1.